The fourth-order valence-electron chi connectivity index (χ4n) is 9.93. The molecule has 118 heavy (non-hydrogen) atoms. The zero-order valence-corrected chi connectivity index (χ0v) is 72.7. The Morgan fingerprint density at radius 2 is 0.407 bits per heavy atom. The zero-order chi connectivity index (χ0) is 84.3. The van der Waals surface area contributed by atoms with E-state index < -0.39 is 0 Å². The number of aliphatic hydroxyl groups excluding tert-OH is 1. The van der Waals surface area contributed by atoms with Crippen molar-refractivity contribution in [2.45, 2.75) is 71.1 Å². The number of aliphatic hydroxyl groups is 1. The van der Waals surface area contributed by atoms with Gasteiger partial charge in [-0.1, -0.05) is 64.7 Å². The number of methoxy groups -OCH3 is 2. The average molecular weight is 1720 g/mol. The maximum absolute atomic E-state index is 13.1. The summed E-state index contributed by atoms with van der Waals surface area (Å²) in [4.78, 5) is 14.6. The summed E-state index contributed by atoms with van der Waals surface area (Å²) in [6, 6.07) is 5.00. The molecule has 0 unspecified atom stereocenters. The molecule has 0 radical (unpaired) electrons. The van der Waals surface area contributed by atoms with Crippen molar-refractivity contribution >= 4 is 5.91 Å². The van der Waals surface area contributed by atoms with Crippen molar-refractivity contribution in [3.8, 4) is 11.5 Å². The van der Waals surface area contributed by atoms with Crippen LogP contribution in [0.15, 0.2) is 18.2 Å². The van der Waals surface area contributed by atoms with E-state index in [-0.39, 0.29) is 25.7 Å². The molecule has 0 aliphatic rings. The van der Waals surface area contributed by atoms with E-state index in [0.717, 1.165) is 13.0 Å². The van der Waals surface area contributed by atoms with E-state index in [9.17, 15) is 9.90 Å². The third kappa shape index (κ3) is 87.9. The van der Waals surface area contributed by atoms with E-state index in [0.29, 0.717) is 407 Å². The molecule has 0 atom stereocenters. The van der Waals surface area contributed by atoms with Crippen LogP contribution in [0.2, 0.25) is 0 Å². The fraction of sp³-hybridized carbons (Fsp3) is 0.916. The Hall–Kier alpha value is -2.95. The third-order valence-electron chi connectivity index (χ3n) is 16.2. The van der Waals surface area contributed by atoms with Gasteiger partial charge in [0.15, 0.2) is 0 Å². The molecule has 1 N–H and O–H groups in total. The average Bonchev–Trinajstić information content (AvgIpc) is 0.830. The van der Waals surface area contributed by atoms with Gasteiger partial charge in [0.05, 0.1) is 416 Å². The van der Waals surface area contributed by atoms with Crippen LogP contribution < -0.4 is 9.47 Å². The monoisotopic (exact) mass is 1710 g/mol. The normalized spacial score (nSPS) is 11.7. The molecule has 1 aromatic rings. The number of rotatable bonds is 106. The molecule has 0 aliphatic heterocycles. The number of carbonyl (C=O) groups excluding carboxylic acids is 1. The van der Waals surface area contributed by atoms with Crippen LogP contribution in [0.4, 0.5) is 0 Å². The van der Waals surface area contributed by atoms with E-state index in [4.69, 9.17) is 152 Å². The van der Waals surface area contributed by atoms with Crippen molar-refractivity contribution in [3.63, 3.8) is 0 Å². The Morgan fingerprint density at radius 3 is 0.585 bits per heavy atom. The minimum absolute atomic E-state index is 0.159. The van der Waals surface area contributed by atoms with Crippen LogP contribution in [-0.4, -0.2) is 446 Å². The van der Waals surface area contributed by atoms with Gasteiger partial charge in [-0.15, -0.1) is 0 Å². The maximum atomic E-state index is 13.1. The van der Waals surface area contributed by atoms with E-state index in [2.05, 4.69) is 6.92 Å². The molecular formula is C83H159NO34. The quantitative estimate of drug-likeness (QED) is 0.0780. The molecule has 0 bridgehead atoms. The van der Waals surface area contributed by atoms with Gasteiger partial charge in [0.1, 0.15) is 11.5 Å². The Balaban J connectivity index is 1.61. The van der Waals surface area contributed by atoms with Crippen molar-refractivity contribution in [1.29, 1.82) is 0 Å². The lowest BCUT2D eigenvalue weighted by Gasteiger charge is -2.23. The number of hydrogen-bond donors (Lipinski definition) is 1. The highest BCUT2D eigenvalue weighted by Gasteiger charge is 2.21. The van der Waals surface area contributed by atoms with Gasteiger partial charge in [-0.2, -0.15) is 0 Å². The second-order valence-electron chi connectivity index (χ2n) is 25.6. The Morgan fingerprint density at radius 1 is 0.229 bits per heavy atom. The van der Waals surface area contributed by atoms with Crippen LogP contribution in [-0.2, 0) is 142 Å². The van der Waals surface area contributed by atoms with Crippen LogP contribution in [0, 0.1) is 0 Å². The second kappa shape index (κ2) is 101. The first-order valence-corrected chi connectivity index (χ1v) is 43.1. The Labute approximate surface area is 706 Å². The minimum Gasteiger partial charge on any atom is -0.497 e. The smallest absolute Gasteiger partial charge is 0.257 e. The summed E-state index contributed by atoms with van der Waals surface area (Å²) in [6.45, 7) is 31.5. The first-order chi connectivity index (χ1) is 58.7. The number of amides is 1. The number of nitrogens with zero attached hydrogens (tertiary/aromatic N) is 1. The summed E-state index contributed by atoms with van der Waals surface area (Å²) >= 11 is 0. The molecule has 1 amide bonds. The SMILES string of the molecule is CCCCCCCCCCCCOCCOCCOCCOCCOCCOCCOCCOCCOCCOCCOCCOCCOCCOCCOCCOCCOCCOCCOCCOCCOCCOCCOCCOCCOCCOCCOCCOCCOCCOCCN(CCO)C(=O)c1cc(OC)ccc1OC. The molecule has 0 fully saturated rings. The lowest BCUT2D eigenvalue weighted by Crippen LogP contribution is -2.36. The molecule has 0 aliphatic carbocycles. The van der Waals surface area contributed by atoms with Crippen molar-refractivity contribution in [3.05, 3.63) is 23.8 Å². The van der Waals surface area contributed by atoms with Gasteiger partial charge in [-0.25, -0.2) is 0 Å². The van der Waals surface area contributed by atoms with Crippen LogP contribution in [0.1, 0.15) is 81.5 Å². The zero-order valence-electron chi connectivity index (χ0n) is 72.7. The van der Waals surface area contributed by atoms with Crippen LogP contribution in [0.3, 0.4) is 0 Å². The highest BCUT2D eigenvalue weighted by atomic mass is 16.6. The largest absolute Gasteiger partial charge is 0.497 e. The number of benzene rings is 1. The van der Waals surface area contributed by atoms with Gasteiger partial charge in [0, 0.05) is 19.7 Å². The first kappa shape index (κ1) is 113. The number of carbonyl (C=O) groups is 1. The molecule has 0 aromatic heterocycles. The summed E-state index contributed by atoms with van der Waals surface area (Å²) in [5, 5.41) is 9.49. The van der Waals surface area contributed by atoms with E-state index in [1.165, 1.54) is 76.9 Å². The minimum atomic E-state index is -0.286. The molecule has 1 aromatic carbocycles. The van der Waals surface area contributed by atoms with E-state index in [1.807, 2.05) is 0 Å². The number of ether oxygens (including phenoxy) is 32. The highest BCUT2D eigenvalue weighted by molar-refractivity contribution is 5.97. The summed E-state index contributed by atoms with van der Waals surface area (Å²) in [6.07, 6.45) is 13.3. The Kier molecular flexibility index (Phi) is 96.9. The van der Waals surface area contributed by atoms with Crippen LogP contribution in [0.25, 0.3) is 0 Å². The van der Waals surface area contributed by atoms with Gasteiger partial charge in [0.25, 0.3) is 5.91 Å². The predicted molar refractivity (Wildman–Crippen MR) is 439 cm³/mol. The third-order valence-corrected chi connectivity index (χ3v) is 16.2. The summed E-state index contributed by atoms with van der Waals surface area (Å²) in [7, 11) is 3.02. The summed E-state index contributed by atoms with van der Waals surface area (Å²) < 4.78 is 177. The predicted octanol–water partition coefficient (Wildman–Crippen LogP) is 5.56. The standard InChI is InChI=1S/C83H159NO34/c1-4-5-6-7-8-9-10-11-12-13-19-89-21-23-91-25-27-93-29-31-95-33-35-97-37-39-99-41-43-101-45-47-103-49-51-105-53-55-107-57-59-109-61-63-111-65-67-113-69-71-115-73-75-117-77-78-118-76-74-116-72-70-114-68-66-112-64-62-110-60-58-108-56-54-106-52-50-104-48-46-102-44-42-100-40-38-98-36-34-96-32-30-94-28-26-92-24-22-90-20-17-84(16-18-85)83(86)81-79-80(87-2)14-15-82(81)88-3/h14-15,79,85H,4-13,16-78H2,1-3H3. The molecule has 35 heteroatoms. The van der Waals surface area contributed by atoms with E-state index in [1.54, 1.807) is 18.2 Å². The fourth-order valence-corrected chi connectivity index (χ4v) is 9.93. The molecule has 700 valence electrons. The van der Waals surface area contributed by atoms with Crippen molar-refractivity contribution in [2.75, 3.05) is 430 Å². The topological polar surface area (TPSA) is 336 Å². The first-order valence-electron chi connectivity index (χ1n) is 43.1. The number of hydrogen-bond acceptors (Lipinski definition) is 34. The van der Waals surface area contributed by atoms with Gasteiger partial charge in [-0.05, 0) is 24.6 Å². The molecule has 0 saturated heterocycles. The van der Waals surface area contributed by atoms with Gasteiger partial charge in [0.2, 0.25) is 0 Å². The van der Waals surface area contributed by atoms with Crippen LogP contribution in [0.5, 0.6) is 11.5 Å². The molecular weight excluding hydrogens is 1550 g/mol. The number of unbranched alkanes of at least 4 members (excludes halogenated alkanes) is 9. The lowest BCUT2D eigenvalue weighted by molar-refractivity contribution is -0.0325. The Bertz CT molecular complexity index is 2060. The summed E-state index contributed by atoms with van der Waals surface area (Å²) in [5.74, 6) is 0.671. The highest BCUT2D eigenvalue weighted by Crippen LogP contribution is 2.25. The van der Waals surface area contributed by atoms with Gasteiger partial charge >= 0.3 is 0 Å². The van der Waals surface area contributed by atoms with Gasteiger partial charge in [-0.3, -0.25) is 4.79 Å². The molecule has 1 rings (SSSR count). The lowest BCUT2D eigenvalue weighted by atomic mass is 10.1. The molecule has 35 nitrogen and oxygen atoms in total. The van der Waals surface area contributed by atoms with E-state index >= 15 is 0 Å². The van der Waals surface area contributed by atoms with Crippen molar-refractivity contribution in [1.82, 2.24) is 4.90 Å². The molecule has 0 heterocycles. The second-order valence-corrected chi connectivity index (χ2v) is 25.6. The van der Waals surface area contributed by atoms with Gasteiger partial charge < -0.3 is 162 Å². The van der Waals surface area contributed by atoms with Crippen molar-refractivity contribution in [2.24, 2.45) is 0 Å². The maximum Gasteiger partial charge on any atom is 0.257 e. The van der Waals surface area contributed by atoms with Crippen molar-refractivity contribution < 1.29 is 161 Å². The molecule has 0 spiro atoms. The molecule has 0 saturated carbocycles. The van der Waals surface area contributed by atoms with Crippen LogP contribution >= 0.6 is 0 Å². The summed E-state index contributed by atoms with van der Waals surface area (Å²) in [5.41, 5.74) is 0.350.